The molecule has 0 saturated heterocycles. The number of hydrogen-bond donors (Lipinski definition) is 10. The van der Waals surface area contributed by atoms with Crippen molar-refractivity contribution in [2.45, 2.75) is 62.7 Å². The summed E-state index contributed by atoms with van der Waals surface area (Å²) in [6.07, 6.45) is 3.89. The van der Waals surface area contributed by atoms with Crippen molar-refractivity contribution in [3.8, 4) is 0 Å². The highest BCUT2D eigenvalue weighted by Gasteiger charge is 2.30. The van der Waals surface area contributed by atoms with Gasteiger partial charge >= 0.3 is 5.97 Å². The van der Waals surface area contributed by atoms with Gasteiger partial charge in [-0.15, -0.1) is 0 Å². The molecule has 0 saturated carbocycles. The first-order valence-electron chi connectivity index (χ1n) is 13.4. The number of aromatic nitrogens is 1. The predicted octanol–water partition coefficient (Wildman–Crippen LogP) is -1.31. The van der Waals surface area contributed by atoms with Crippen molar-refractivity contribution >= 4 is 53.2 Å². The Hall–Kier alpha value is -3.82. The average molecular weight is 592 g/mol. The number of hydrogen-bond acceptors (Lipinski definition) is 8. The van der Waals surface area contributed by atoms with E-state index >= 15 is 0 Å². The maximum atomic E-state index is 13.1. The molecule has 0 spiro atoms. The molecule has 0 aliphatic carbocycles. The summed E-state index contributed by atoms with van der Waals surface area (Å²) in [7, 11) is 0. The molecule has 0 radical (unpaired) electrons. The molecule has 0 bridgehead atoms. The SMILES string of the molecule is NCCCCC(NC(=O)C(N)CCCN=C(N)N)C(=O)NC(CS)C(=O)NC(Cc1c[nH]c2ccccc12)C(=O)O. The lowest BCUT2D eigenvalue weighted by Crippen LogP contribution is -2.57. The number of nitrogens with one attached hydrogen (secondary N) is 4. The highest BCUT2D eigenvalue weighted by atomic mass is 32.1. The molecule has 0 aliphatic heterocycles. The number of aliphatic carboxylic acids is 1. The van der Waals surface area contributed by atoms with E-state index in [0.717, 1.165) is 16.5 Å². The molecule has 4 atom stereocenters. The Kier molecular flexibility index (Phi) is 13.9. The molecular formula is C26H41N9O5S. The van der Waals surface area contributed by atoms with E-state index in [0.29, 0.717) is 32.4 Å². The number of nitrogens with zero attached hydrogens (tertiary/aromatic N) is 1. The average Bonchev–Trinajstić information content (AvgIpc) is 3.35. The van der Waals surface area contributed by atoms with Crippen molar-refractivity contribution in [2.75, 3.05) is 18.8 Å². The van der Waals surface area contributed by atoms with E-state index in [-0.39, 0.29) is 31.0 Å². The lowest BCUT2D eigenvalue weighted by Gasteiger charge is -2.24. The Labute approximate surface area is 243 Å². The summed E-state index contributed by atoms with van der Waals surface area (Å²) in [5.74, 6) is -3.28. The van der Waals surface area contributed by atoms with Gasteiger partial charge in [-0.1, -0.05) is 18.2 Å². The monoisotopic (exact) mass is 591 g/mol. The Balaban J connectivity index is 2.04. The molecule has 4 unspecified atom stereocenters. The number of guanidine groups is 1. The second-order valence-electron chi connectivity index (χ2n) is 9.61. The van der Waals surface area contributed by atoms with Crippen LogP contribution in [0, 0.1) is 0 Å². The van der Waals surface area contributed by atoms with E-state index in [1.807, 2.05) is 24.3 Å². The van der Waals surface area contributed by atoms with Gasteiger partial charge in [-0.05, 0) is 50.3 Å². The molecule has 2 aromatic rings. The normalized spacial score (nSPS) is 13.9. The van der Waals surface area contributed by atoms with Crippen molar-refractivity contribution in [2.24, 2.45) is 27.9 Å². The Morgan fingerprint density at radius 2 is 1.59 bits per heavy atom. The summed E-state index contributed by atoms with van der Waals surface area (Å²) < 4.78 is 0. The van der Waals surface area contributed by atoms with Crippen LogP contribution in [-0.4, -0.2) is 82.8 Å². The first-order valence-corrected chi connectivity index (χ1v) is 14.0. The van der Waals surface area contributed by atoms with Crippen LogP contribution >= 0.6 is 12.6 Å². The molecule has 1 aromatic heterocycles. The zero-order valence-corrected chi connectivity index (χ0v) is 23.7. The van der Waals surface area contributed by atoms with Gasteiger partial charge in [-0.2, -0.15) is 12.6 Å². The number of H-pyrrole nitrogens is 1. The molecule has 14 nitrogen and oxygen atoms in total. The number of para-hydroxylation sites is 1. The minimum absolute atomic E-state index is 0.0250. The van der Waals surface area contributed by atoms with E-state index in [1.165, 1.54) is 0 Å². The third-order valence-corrected chi connectivity index (χ3v) is 6.78. The molecule has 41 heavy (non-hydrogen) atoms. The van der Waals surface area contributed by atoms with Crippen molar-refractivity contribution in [1.82, 2.24) is 20.9 Å². The fourth-order valence-electron chi connectivity index (χ4n) is 4.15. The van der Waals surface area contributed by atoms with Crippen LogP contribution in [0.5, 0.6) is 0 Å². The minimum Gasteiger partial charge on any atom is -0.480 e. The van der Waals surface area contributed by atoms with Gasteiger partial charge in [-0.3, -0.25) is 19.4 Å². The van der Waals surface area contributed by atoms with Crippen molar-refractivity contribution in [3.05, 3.63) is 36.0 Å². The molecule has 1 aromatic carbocycles. The molecule has 3 amide bonds. The highest BCUT2D eigenvalue weighted by molar-refractivity contribution is 7.80. The second-order valence-corrected chi connectivity index (χ2v) is 9.97. The number of carboxylic acids is 1. The van der Waals surface area contributed by atoms with Crippen LogP contribution in [0.1, 0.15) is 37.7 Å². The topological polar surface area (TPSA) is 257 Å². The van der Waals surface area contributed by atoms with Crippen LogP contribution < -0.4 is 38.9 Å². The number of aliphatic imine (C=N–C) groups is 1. The van der Waals surface area contributed by atoms with Crippen LogP contribution in [0.3, 0.4) is 0 Å². The summed E-state index contributed by atoms with van der Waals surface area (Å²) >= 11 is 4.18. The van der Waals surface area contributed by atoms with Crippen LogP contribution in [0.4, 0.5) is 0 Å². The number of aromatic amines is 1. The van der Waals surface area contributed by atoms with Crippen LogP contribution in [0.15, 0.2) is 35.5 Å². The zero-order chi connectivity index (χ0) is 30.4. The van der Waals surface area contributed by atoms with Gasteiger partial charge in [0.25, 0.3) is 0 Å². The maximum Gasteiger partial charge on any atom is 0.326 e. The lowest BCUT2D eigenvalue weighted by molar-refractivity contribution is -0.142. The largest absolute Gasteiger partial charge is 0.480 e. The zero-order valence-electron chi connectivity index (χ0n) is 22.8. The van der Waals surface area contributed by atoms with E-state index in [2.05, 4.69) is 38.6 Å². The van der Waals surface area contributed by atoms with Crippen LogP contribution in [-0.2, 0) is 25.6 Å². The number of nitrogens with two attached hydrogens (primary N) is 4. The van der Waals surface area contributed by atoms with Gasteiger partial charge < -0.3 is 49.0 Å². The molecular weight excluding hydrogens is 550 g/mol. The molecule has 13 N–H and O–H groups in total. The van der Waals surface area contributed by atoms with E-state index in [9.17, 15) is 24.3 Å². The molecule has 226 valence electrons. The predicted molar refractivity (Wildman–Crippen MR) is 160 cm³/mol. The minimum atomic E-state index is -1.25. The summed E-state index contributed by atoms with van der Waals surface area (Å²) in [5.41, 5.74) is 23.7. The number of carboxylic acid groups (broad SMARTS) is 1. The first-order chi connectivity index (χ1) is 19.6. The number of rotatable bonds is 18. The molecule has 1 heterocycles. The fourth-order valence-corrected chi connectivity index (χ4v) is 4.41. The first kappa shape index (κ1) is 33.4. The maximum absolute atomic E-state index is 13.1. The van der Waals surface area contributed by atoms with Crippen molar-refractivity contribution in [3.63, 3.8) is 0 Å². The molecule has 0 fully saturated rings. The van der Waals surface area contributed by atoms with E-state index in [1.54, 1.807) is 6.20 Å². The lowest BCUT2D eigenvalue weighted by atomic mass is 10.0. The summed E-state index contributed by atoms with van der Waals surface area (Å²) in [4.78, 5) is 57.8. The van der Waals surface area contributed by atoms with Gasteiger partial charge in [0.15, 0.2) is 5.96 Å². The molecule has 15 heteroatoms. The number of carbonyl (C=O) groups excluding carboxylic acids is 3. The van der Waals surface area contributed by atoms with Gasteiger partial charge in [0.05, 0.1) is 6.04 Å². The Morgan fingerprint density at radius 1 is 0.927 bits per heavy atom. The smallest absolute Gasteiger partial charge is 0.326 e. The van der Waals surface area contributed by atoms with Gasteiger partial charge in [0.1, 0.15) is 18.1 Å². The number of thiol groups is 1. The third kappa shape index (κ3) is 10.9. The van der Waals surface area contributed by atoms with E-state index < -0.39 is 47.9 Å². The molecule has 0 aliphatic rings. The summed E-state index contributed by atoms with van der Waals surface area (Å²) in [6, 6.07) is 3.11. The molecule has 2 rings (SSSR count). The second kappa shape index (κ2) is 17.1. The number of carbonyl (C=O) groups is 4. The number of fused-ring (bicyclic) bond motifs is 1. The standard InChI is InChI=1S/C26H41N9O5S/c27-10-4-3-9-19(33-22(36)17(28)7-5-11-31-26(29)30)23(37)35-21(14-41)24(38)34-20(25(39)40)12-15-13-32-18-8-2-1-6-16(15)18/h1-2,6,8,13,17,19-21,32,41H,3-5,7,9-12,14,27-28H2,(H,33,36)(H,34,38)(H,35,37)(H,39,40)(H4,29,30,31). The summed E-state index contributed by atoms with van der Waals surface area (Å²) in [5, 5.41) is 18.3. The quantitative estimate of drug-likeness (QED) is 0.0426. The number of unbranched alkanes of at least 4 members (excludes halogenated alkanes) is 1. The number of benzene rings is 1. The number of amides is 3. The fraction of sp³-hybridized carbons (Fsp3) is 0.500. The van der Waals surface area contributed by atoms with E-state index in [4.69, 9.17) is 22.9 Å². The van der Waals surface area contributed by atoms with Gasteiger partial charge in [0.2, 0.25) is 17.7 Å². The van der Waals surface area contributed by atoms with Gasteiger partial charge in [-0.25, -0.2) is 4.79 Å². The van der Waals surface area contributed by atoms with Gasteiger partial charge in [0, 0.05) is 35.8 Å². The van der Waals surface area contributed by atoms with Crippen LogP contribution in [0.2, 0.25) is 0 Å². The highest BCUT2D eigenvalue weighted by Crippen LogP contribution is 2.19. The Bertz CT molecular complexity index is 1200. The van der Waals surface area contributed by atoms with Crippen LogP contribution in [0.25, 0.3) is 10.9 Å². The van der Waals surface area contributed by atoms with Crippen molar-refractivity contribution < 1.29 is 24.3 Å². The van der Waals surface area contributed by atoms with Crippen molar-refractivity contribution in [1.29, 1.82) is 0 Å². The Morgan fingerprint density at radius 3 is 2.24 bits per heavy atom. The summed E-state index contributed by atoms with van der Waals surface area (Å²) in [6.45, 7) is 0.710. The third-order valence-electron chi connectivity index (χ3n) is 6.41.